The van der Waals surface area contributed by atoms with E-state index in [9.17, 15) is 9.90 Å². The molecule has 1 saturated heterocycles. The number of hydrogen-bond donors (Lipinski definition) is 1. The maximum atomic E-state index is 11.2. The van der Waals surface area contributed by atoms with E-state index in [1.54, 1.807) is 11.3 Å². The molecule has 3 unspecified atom stereocenters. The first kappa shape index (κ1) is 14.4. The molecular weight excluding hydrogens is 264 g/mol. The predicted octanol–water partition coefficient (Wildman–Crippen LogP) is 1.85. The standard InChI is InChI=1S/C13H20N2O3S/c1-7-12(19-9(3)14-7)8(2)15(4)11-6-18-5-10(11)13(16)17/h8,10-11H,5-6H2,1-4H3,(H,16,17). The highest BCUT2D eigenvalue weighted by Crippen LogP contribution is 2.32. The van der Waals surface area contributed by atoms with Crippen molar-refractivity contribution < 1.29 is 14.6 Å². The molecule has 3 atom stereocenters. The number of hydrogen-bond acceptors (Lipinski definition) is 5. The van der Waals surface area contributed by atoms with Crippen LogP contribution in [0, 0.1) is 19.8 Å². The lowest BCUT2D eigenvalue weighted by molar-refractivity contribution is -0.143. The molecule has 0 aromatic carbocycles. The number of rotatable bonds is 4. The van der Waals surface area contributed by atoms with Gasteiger partial charge in [-0.15, -0.1) is 11.3 Å². The number of aromatic nitrogens is 1. The summed E-state index contributed by atoms with van der Waals surface area (Å²) in [4.78, 5) is 19.0. The maximum Gasteiger partial charge on any atom is 0.310 e. The van der Waals surface area contributed by atoms with Crippen molar-refractivity contribution in [2.75, 3.05) is 20.3 Å². The lowest BCUT2D eigenvalue weighted by Gasteiger charge is -2.31. The number of ether oxygens (including phenoxy) is 1. The number of carboxylic acids is 1. The molecule has 0 amide bonds. The van der Waals surface area contributed by atoms with Gasteiger partial charge in [0.15, 0.2) is 0 Å². The van der Waals surface area contributed by atoms with Crippen LogP contribution in [-0.4, -0.2) is 47.3 Å². The summed E-state index contributed by atoms with van der Waals surface area (Å²) in [6.45, 7) is 6.87. The van der Waals surface area contributed by atoms with Crippen LogP contribution >= 0.6 is 11.3 Å². The Bertz CT molecular complexity index is 474. The number of aliphatic carboxylic acids is 1. The zero-order chi connectivity index (χ0) is 14.2. The van der Waals surface area contributed by atoms with Crippen LogP contribution in [0.5, 0.6) is 0 Å². The Morgan fingerprint density at radius 3 is 2.74 bits per heavy atom. The minimum absolute atomic E-state index is 0.0747. The third-order valence-corrected chi connectivity index (χ3v) is 5.06. The van der Waals surface area contributed by atoms with E-state index in [1.807, 2.05) is 20.9 Å². The SMILES string of the molecule is Cc1nc(C)c(C(C)N(C)C2COCC2C(=O)O)s1. The summed E-state index contributed by atoms with van der Waals surface area (Å²) in [5, 5.41) is 10.3. The molecular formula is C13H20N2O3S. The molecule has 6 heteroatoms. The van der Waals surface area contributed by atoms with Gasteiger partial charge in [-0.3, -0.25) is 9.69 Å². The van der Waals surface area contributed by atoms with E-state index in [4.69, 9.17) is 4.74 Å². The molecule has 0 saturated carbocycles. The van der Waals surface area contributed by atoms with Gasteiger partial charge in [-0.05, 0) is 27.8 Å². The highest BCUT2D eigenvalue weighted by molar-refractivity contribution is 7.11. The average Bonchev–Trinajstić information content (AvgIpc) is 2.93. The average molecular weight is 284 g/mol. The Kier molecular flexibility index (Phi) is 4.23. The van der Waals surface area contributed by atoms with Crippen LogP contribution in [0.1, 0.15) is 28.5 Å². The highest BCUT2D eigenvalue weighted by Gasteiger charge is 2.38. The number of likely N-dealkylation sites (N-methyl/N-ethyl adjacent to an activating group) is 1. The number of nitrogens with zero attached hydrogens (tertiary/aromatic N) is 2. The molecule has 106 valence electrons. The Balaban J connectivity index is 2.17. The van der Waals surface area contributed by atoms with Crippen molar-refractivity contribution in [1.82, 2.24) is 9.88 Å². The minimum Gasteiger partial charge on any atom is -0.481 e. The molecule has 5 nitrogen and oxygen atoms in total. The van der Waals surface area contributed by atoms with E-state index >= 15 is 0 Å². The summed E-state index contributed by atoms with van der Waals surface area (Å²) >= 11 is 1.68. The van der Waals surface area contributed by atoms with Gasteiger partial charge in [0.25, 0.3) is 0 Å². The van der Waals surface area contributed by atoms with Gasteiger partial charge in [0, 0.05) is 17.0 Å². The molecule has 2 heterocycles. The van der Waals surface area contributed by atoms with Crippen LogP contribution in [0.3, 0.4) is 0 Å². The fourth-order valence-electron chi connectivity index (χ4n) is 2.59. The van der Waals surface area contributed by atoms with E-state index in [-0.39, 0.29) is 12.1 Å². The topological polar surface area (TPSA) is 62.7 Å². The summed E-state index contributed by atoms with van der Waals surface area (Å²) in [6, 6.07) is 0.0778. The van der Waals surface area contributed by atoms with Gasteiger partial charge < -0.3 is 9.84 Å². The lowest BCUT2D eigenvalue weighted by Crippen LogP contribution is -2.42. The van der Waals surface area contributed by atoms with E-state index in [0.29, 0.717) is 13.2 Å². The molecule has 1 aliphatic rings. The Labute approximate surface area is 117 Å². The molecule has 19 heavy (non-hydrogen) atoms. The summed E-state index contributed by atoms with van der Waals surface area (Å²) in [5.41, 5.74) is 1.03. The van der Waals surface area contributed by atoms with Crippen LogP contribution in [0.4, 0.5) is 0 Å². The third-order valence-electron chi connectivity index (χ3n) is 3.82. The van der Waals surface area contributed by atoms with Crippen molar-refractivity contribution >= 4 is 17.3 Å². The molecule has 0 radical (unpaired) electrons. The fraction of sp³-hybridized carbons (Fsp3) is 0.692. The van der Waals surface area contributed by atoms with Gasteiger partial charge in [0.1, 0.15) is 0 Å². The minimum atomic E-state index is -0.779. The highest BCUT2D eigenvalue weighted by atomic mass is 32.1. The zero-order valence-corrected chi connectivity index (χ0v) is 12.5. The summed E-state index contributed by atoms with van der Waals surface area (Å²) in [7, 11) is 1.97. The Hall–Kier alpha value is -0.980. The second-order valence-electron chi connectivity index (χ2n) is 5.07. The molecule has 1 aromatic heterocycles. The monoisotopic (exact) mass is 284 g/mol. The number of thiazole rings is 1. The van der Waals surface area contributed by atoms with Crippen molar-refractivity contribution in [3.05, 3.63) is 15.6 Å². The first-order valence-electron chi connectivity index (χ1n) is 6.38. The fourth-order valence-corrected chi connectivity index (χ4v) is 3.62. The van der Waals surface area contributed by atoms with Crippen molar-refractivity contribution in [2.45, 2.75) is 32.9 Å². The van der Waals surface area contributed by atoms with Gasteiger partial charge in [0.2, 0.25) is 0 Å². The summed E-state index contributed by atoms with van der Waals surface area (Å²) in [5.74, 6) is -1.22. The van der Waals surface area contributed by atoms with Gasteiger partial charge in [-0.1, -0.05) is 0 Å². The van der Waals surface area contributed by atoms with Crippen LogP contribution in [0.15, 0.2) is 0 Å². The number of carboxylic acid groups (broad SMARTS) is 1. The van der Waals surface area contributed by atoms with Gasteiger partial charge in [-0.25, -0.2) is 4.98 Å². The van der Waals surface area contributed by atoms with Crippen molar-refractivity contribution in [2.24, 2.45) is 5.92 Å². The quantitative estimate of drug-likeness (QED) is 0.914. The first-order chi connectivity index (χ1) is 8.91. The number of carbonyl (C=O) groups is 1. The molecule has 1 fully saturated rings. The second kappa shape index (κ2) is 5.56. The maximum absolute atomic E-state index is 11.2. The Morgan fingerprint density at radius 1 is 1.53 bits per heavy atom. The predicted molar refractivity (Wildman–Crippen MR) is 73.5 cm³/mol. The van der Waals surface area contributed by atoms with Crippen molar-refractivity contribution in [3.8, 4) is 0 Å². The van der Waals surface area contributed by atoms with Gasteiger partial charge in [-0.2, -0.15) is 0 Å². The van der Waals surface area contributed by atoms with E-state index < -0.39 is 11.9 Å². The second-order valence-corrected chi connectivity index (χ2v) is 6.31. The third kappa shape index (κ3) is 2.80. The van der Waals surface area contributed by atoms with Crippen LogP contribution < -0.4 is 0 Å². The van der Waals surface area contributed by atoms with E-state index in [2.05, 4.69) is 16.8 Å². The van der Waals surface area contributed by atoms with E-state index in [1.165, 1.54) is 4.88 Å². The van der Waals surface area contributed by atoms with Gasteiger partial charge >= 0.3 is 5.97 Å². The zero-order valence-electron chi connectivity index (χ0n) is 11.7. The lowest BCUT2D eigenvalue weighted by atomic mass is 10.0. The molecule has 2 rings (SSSR count). The Morgan fingerprint density at radius 2 is 2.21 bits per heavy atom. The van der Waals surface area contributed by atoms with Crippen LogP contribution in [0.2, 0.25) is 0 Å². The largest absolute Gasteiger partial charge is 0.481 e. The normalized spacial score (nSPS) is 24.9. The van der Waals surface area contributed by atoms with Gasteiger partial charge in [0.05, 0.1) is 29.8 Å². The summed E-state index contributed by atoms with van der Waals surface area (Å²) in [6.07, 6.45) is 0. The van der Waals surface area contributed by atoms with Crippen molar-refractivity contribution in [1.29, 1.82) is 0 Å². The van der Waals surface area contributed by atoms with Crippen LogP contribution in [-0.2, 0) is 9.53 Å². The van der Waals surface area contributed by atoms with Crippen molar-refractivity contribution in [3.63, 3.8) is 0 Å². The summed E-state index contributed by atoms with van der Waals surface area (Å²) < 4.78 is 5.34. The van der Waals surface area contributed by atoms with E-state index in [0.717, 1.165) is 10.7 Å². The smallest absolute Gasteiger partial charge is 0.310 e. The van der Waals surface area contributed by atoms with Crippen LogP contribution in [0.25, 0.3) is 0 Å². The molecule has 1 aromatic rings. The molecule has 1 aliphatic heterocycles. The first-order valence-corrected chi connectivity index (χ1v) is 7.20. The number of aryl methyl sites for hydroxylation is 2. The molecule has 0 aliphatic carbocycles. The molecule has 0 bridgehead atoms. The molecule has 1 N–H and O–H groups in total. The molecule has 0 spiro atoms.